The third kappa shape index (κ3) is 4.75. The average molecular weight is 580 g/mol. The van der Waals surface area contributed by atoms with Gasteiger partial charge in [0.25, 0.3) is 0 Å². The lowest BCUT2D eigenvalue weighted by molar-refractivity contribution is -0.142. The monoisotopic (exact) mass is 579 g/mol. The maximum atomic E-state index is 14.2. The smallest absolute Gasteiger partial charge is 0.246 e. The van der Waals surface area contributed by atoms with E-state index in [0.717, 1.165) is 24.8 Å². The highest BCUT2D eigenvalue weighted by Gasteiger charge is 2.72. The molecule has 216 valence electrons. The van der Waals surface area contributed by atoms with Crippen LogP contribution in [-0.4, -0.2) is 46.4 Å². The number of rotatable bonds is 6. The molecule has 1 spiro atoms. The van der Waals surface area contributed by atoms with Gasteiger partial charge in [0.1, 0.15) is 17.5 Å². The second kappa shape index (κ2) is 10.6. The van der Waals surface area contributed by atoms with Crippen LogP contribution in [0.15, 0.2) is 54.6 Å². The summed E-state index contributed by atoms with van der Waals surface area (Å²) in [5.74, 6) is -2.30. The third-order valence-electron chi connectivity index (χ3n) is 9.67. The molecule has 3 aliphatic heterocycles. The minimum Gasteiger partial charge on any atom is -0.359 e. The first kappa shape index (κ1) is 27.9. The van der Waals surface area contributed by atoms with E-state index in [0.29, 0.717) is 28.1 Å². The number of hydrogen-bond donors (Lipinski definition) is 2. The van der Waals surface area contributed by atoms with E-state index in [1.807, 2.05) is 13.0 Å². The number of aryl methyl sites for hydroxylation is 1. The van der Waals surface area contributed by atoms with Crippen LogP contribution in [0.2, 0.25) is 5.02 Å². The van der Waals surface area contributed by atoms with Crippen molar-refractivity contribution in [2.24, 2.45) is 23.7 Å². The van der Waals surface area contributed by atoms with Crippen molar-refractivity contribution in [3.05, 3.63) is 76.6 Å². The van der Waals surface area contributed by atoms with Gasteiger partial charge in [0.05, 0.1) is 17.9 Å². The van der Waals surface area contributed by atoms with Crippen molar-refractivity contribution in [2.45, 2.75) is 70.4 Å². The molecule has 2 bridgehead atoms. The molecule has 2 saturated heterocycles. The molecular weight excluding hydrogens is 545 g/mol. The number of hydrogen-bond acceptors (Lipinski definition) is 4. The number of nitrogens with zero attached hydrogens (tertiary/aromatic N) is 1. The van der Waals surface area contributed by atoms with E-state index < -0.39 is 29.6 Å². The Labute approximate surface area is 244 Å². The zero-order valence-electron chi connectivity index (χ0n) is 23.4. The zero-order valence-corrected chi connectivity index (χ0v) is 24.2. The Morgan fingerprint density at radius 1 is 1.12 bits per heavy atom. The standard InChI is InChI=1S/C32H35ClFN3O4/c1-17-5-4-6-24(19(17)3)36-30(39)28-32-14-13-25(41-32)26(29(38)35-22-12-7-18(2)23(33)15-22)27(32)31(40)37(28)16-20-8-10-21(34)11-9-20/h7-15,17,19,24-28H,4-6,16H2,1-3H3,(H,35,38)(H,36,39)/t17-,19-,24+,25+,26-,27+,28+,32+/m0/s1. The molecule has 9 heteroatoms. The van der Waals surface area contributed by atoms with E-state index in [1.165, 1.54) is 17.0 Å². The number of halogens is 2. The van der Waals surface area contributed by atoms with Gasteiger partial charge in [-0.15, -0.1) is 0 Å². The minimum atomic E-state index is -1.28. The van der Waals surface area contributed by atoms with Crippen LogP contribution in [0, 0.1) is 36.4 Å². The fourth-order valence-electron chi connectivity index (χ4n) is 7.17. The van der Waals surface area contributed by atoms with E-state index in [2.05, 4.69) is 24.5 Å². The van der Waals surface area contributed by atoms with Crippen molar-refractivity contribution < 1.29 is 23.5 Å². The summed E-state index contributed by atoms with van der Waals surface area (Å²) in [6.45, 7) is 6.32. The first-order chi connectivity index (χ1) is 19.6. The SMILES string of the molecule is Cc1ccc(NC(=O)[C@H]2[C@H]3C=C[C@@]4(O3)[C@H]2C(=O)N(Cc2ccc(F)cc2)[C@@H]4C(=O)N[C@@H]2CCC[C@H](C)[C@@H]2C)cc1Cl. The summed E-state index contributed by atoms with van der Waals surface area (Å²) >= 11 is 6.27. The number of nitrogens with one attached hydrogen (secondary N) is 2. The molecule has 41 heavy (non-hydrogen) atoms. The predicted octanol–water partition coefficient (Wildman–Crippen LogP) is 5.02. The van der Waals surface area contributed by atoms with Gasteiger partial charge in [-0.05, 0) is 60.6 Å². The first-order valence-corrected chi connectivity index (χ1v) is 14.8. The van der Waals surface area contributed by atoms with Crippen LogP contribution in [0.1, 0.15) is 44.2 Å². The number of anilines is 1. The van der Waals surface area contributed by atoms with Crippen LogP contribution in [-0.2, 0) is 25.7 Å². The molecule has 1 saturated carbocycles. The summed E-state index contributed by atoms with van der Waals surface area (Å²) in [6.07, 6.45) is 5.97. The van der Waals surface area contributed by atoms with Gasteiger partial charge < -0.3 is 20.3 Å². The van der Waals surface area contributed by atoms with Gasteiger partial charge in [-0.2, -0.15) is 0 Å². The topological polar surface area (TPSA) is 87.7 Å². The lowest BCUT2D eigenvalue weighted by Gasteiger charge is -2.38. The number of amides is 3. The van der Waals surface area contributed by atoms with E-state index in [1.54, 1.807) is 36.4 Å². The van der Waals surface area contributed by atoms with E-state index in [4.69, 9.17) is 16.3 Å². The first-order valence-electron chi connectivity index (χ1n) is 14.4. The van der Waals surface area contributed by atoms with Crippen molar-refractivity contribution in [2.75, 3.05) is 5.32 Å². The number of benzene rings is 2. The zero-order chi connectivity index (χ0) is 29.1. The predicted molar refractivity (Wildman–Crippen MR) is 153 cm³/mol. The second-order valence-corrected chi connectivity index (χ2v) is 12.5. The molecule has 6 rings (SSSR count). The summed E-state index contributed by atoms with van der Waals surface area (Å²) < 4.78 is 20.1. The molecule has 7 nitrogen and oxygen atoms in total. The van der Waals surface area contributed by atoms with Crippen molar-refractivity contribution in [1.29, 1.82) is 0 Å². The van der Waals surface area contributed by atoms with Crippen molar-refractivity contribution >= 4 is 35.0 Å². The molecule has 0 aromatic heterocycles. The third-order valence-corrected chi connectivity index (χ3v) is 10.1. The molecule has 2 aromatic carbocycles. The quantitative estimate of drug-likeness (QED) is 0.471. The Balaban J connectivity index is 1.32. The Bertz CT molecular complexity index is 1410. The number of likely N-dealkylation sites (tertiary alicyclic amines) is 1. The number of carbonyl (C=O) groups is 3. The van der Waals surface area contributed by atoms with E-state index in [9.17, 15) is 18.8 Å². The summed E-state index contributed by atoms with van der Waals surface area (Å²) in [4.78, 5) is 43.5. The summed E-state index contributed by atoms with van der Waals surface area (Å²) in [7, 11) is 0. The summed E-state index contributed by atoms with van der Waals surface area (Å²) in [5, 5.41) is 6.68. The van der Waals surface area contributed by atoms with Gasteiger partial charge in [-0.25, -0.2) is 4.39 Å². The highest BCUT2D eigenvalue weighted by atomic mass is 35.5. The molecule has 8 atom stereocenters. The van der Waals surface area contributed by atoms with E-state index >= 15 is 0 Å². The molecule has 0 radical (unpaired) electrons. The highest BCUT2D eigenvalue weighted by Crippen LogP contribution is 2.55. The number of carbonyl (C=O) groups excluding carboxylic acids is 3. The molecule has 3 fully saturated rings. The normalized spacial score (nSPS) is 33.6. The van der Waals surface area contributed by atoms with Gasteiger partial charge in [0.15, 0.2) is 0 Å². The van der Waals surface area contributed by atoms with Gasteiger partial charge in [0, 0.05) is 23.3 Å². The molecule has 3 heterocycles. The molecule has 2 aromatic rings. The van der Waals surface area contributed by atoms with Crippen LogP contribution in [0.5, 0.6) is 0 Å². The van der Waals surface area contributed by atoms with Crippen molar-refractivity contribution in [3.63, 3.8) is 0 Å². The van der Waals surface area contributed by atoms with Crippen molar-refractivity contribution in [1.82, 2.24) is 10.2 Å². The average Bonchev–Trinajstić information content (AvgIpc) is 3.58. The molecule has 0 unspecified atom stereocenters. The van der Waals surface area contributed by atoms with Crippen LogP contribution in [0.3, 0.4) is 0 Å². The van der Waals surface area contributed by atoms with Crippen LogP contribution in [0.4, 0.5) is 10.1 Å². The minimum absolute atomic E-state index is 0.0163. The molecule has 3 amide bonds. The molecular formula is C32H35ClFN3O4. The Hall–Kier alpha value is -3.23. The lowest BCUT2D eigenvalue weighted by atomic mass is 9.73. The maximum Gasteiger partial charge on any atom is 0.246 e. The maximum absolute atomic E-state index is 14.2. The van der Waals surface area contributed by atoms with Gasteiger partial charge in [-0.3, -0.25) is 14.4 Å². The molecule has 4 aliphatic rings. The molecule has 2 N–H and O–H groups in total. The summed E-state index contributed by atoms with van der Waals surface area (Å²) in [6, 6.07) is 10.1. The van der Waals surface area contributed by atoms with Gasteiger partial charge in [-0.1, -0.05) is 68.6 Å². The van der Waals surface area contributed by atoms with Crippen LogP contribution < -0.4 is 10.6 Å². The fourth-order valence-corrected chi connectivity index (χ4v) is 7.35. The second-order valence-electron chi connectivity index (χ2n) is 12.1. The lowest BCUT2D eigenvalue weighted by Crippen LogP contribution is -2.57. The van der Waals surface area contributed by atoms with Crippen LogP contribution >= 0.6 is 11.6 Å². The largest absolute Gasteiger partial charge is 0.359 e. The van der Waals surface area contributed by atoms with E-state index in [-0.39, 0.29) is 36.1 Å². The number of fused-ring (bicyclic) bond motifs is 1. The fraction of sp³-hybridized carbons (Fsp3) is 0.469. The Kier molecular flexibility index (Phi) is 7.19. The molecule has 1 aliphatic carbocycles. The highest BCUT2D eigenvalue weighted by molar-refractivity contribution is 6.31. The Morgan fingerprint density at radius 3 is 2.61 bits per heavy atom. The number of ether oxygens (including phenoxy) is 1. The summed E-state index contributed by atoms with van der Waals surface area (Å²) in [5.41, 5.74) is 0.812. The Morgan fingerprint density at radius 2 is 1.88 bits per heavy atom. The van der Waals surface area contributed by atoms with Crippen molar-refractivity contribution in [3.8, 4) is 0 Å². The van der Waals surface area contributed by atoms with Crippen LogP contribution in [0.25, 0.3) is 0 Å². The van der Waals surface area contributed by atoms with Gasteiger partial charge >= 0.3 is 0 Å². The van der Waals surface area contributed by atoms with Gasteiger partial charge in [0.2, 0.25) is 17.7 Å².